The van der Waals surface area contributed by atoms with Gasteiger partial charge in [0.1, 0.15) is 5.52 Å². The van der Waals surface area contributed by atoms with Crippen molar-refractivity contribution in [2.75, 3.05) is 10.2 Å². The zero-order valence-corrected chi connectivity index (χ0v) is 20.8. The van der Waals surface area contributed by atoms with Crippen LogP contribution in [0.1, 0.15) is 15.9 Å². The number of halogens is 4. The third-order valence-electron chi connectivity index (χ3n) is 5.86. The van der Waals surface area contributed by atoms with Crippen LogP contribution in [0.15, 0.2) is 101 Å². The Bertz CT molecular complexity index is 1630. The van der Waals surface area contributed by atoms with E-state index in [1.165, 1.54) is 48.5 Å². The number of fused-ring (bicyclic) bond motifs is 1. The van der Waals surface area contributed by atoms with Gasteiger partial charge in [-0.05, 0) is 60.2 Å². The van der Waals surface area contributed by atoms with Gasteiger partial charge in [-0.2, -0.15) is 13.2 Å². The summed E-state index contributed by atoms with van der Waals surface area (Å²) in [6, 6.07) is 25.6. The predicted molar refractivity (Wildman–Crippen MR) is 143 cm³/mol. The second kappa shape index (κ2) is 10.6. The van der Waals surface area contributed by atoms with Crippen LogP contribution in [-0.4, -0.2) is 23.0 Å². The molecular formula is C29H19ClF3N3O3. The fraction of sp³-hybridized carbons (Fsp3) is 0.0690. The molecule has 5 rings (SSSR count). The van der Waals surface area contributed by atoms with Gasteiger partial charge in [-0.3, -0.25) is 9.59 Å². The standard InChI is InChI=1S/C29H19ClF3N3O3/c30-20-14-12-18(13-15-20)17-36(28(38)29(31,32)33)21-7-5-6-19(16-21)26(37)34-23-9-2-1-8-22(23)27-35-24-10-3-4-11-25(24)39-27/h1-16H,17H2,(H,34,37). The summed E-state index contributed by atoms with van der Waals surface area (Å²) in [7, 11) is 0. The number of amides is 2. The predicted octanol–water partition coefficient (Wildman–Crippen LogP) is 7.50. The normalized spacial score (nSPS) is 11.4. The lowest BCUT2D eigenvalue weighted by Crippen LogP contribution is -2.41. The van der Waals surface area contributed by atoms with Gasteiger partial charge in [0.25, 0.3) is 5.91 Å². The quantitative estimate of drug-likeness (QED) is 0.238. The molecule has 39 heavy (non-hydrogen) atoms. The van der Waals surface area contributed by atoms with E-state index in [0.29, 0.717) is 43.7 Å². The van der Waals surface area contributed by atoms with Gasteiger partial charge in [0.05, 0.1) is 17.8 Å². The molecule has 0 fully saturated rings. The fourth-order valence-electron chi connectivity index (χ4n) is 3.98. The summed E-state index contributed by atoms with van der Waals surface area (Å²) in [5, 5.41) is 3.18. The Labute approximate surface area is 225 Å². The maximum atomic E-state index is 13.5. The van der Waals surface area contributed by atoms with Crippen LogP contribution in [0.2, 0.25) is 5.02 Å². The van der Waals surface area contributed by atoms with Gasteiger partial charge in [-0.25, -0.2) is 4.98 Å². The molecule has 0 radical (unpaired) electrons. The smallest absolute Gasteiger partial charge is 0.436 e. The minimum Gasteiger partial charge on any atom is -0.436 e. The molecule has 5 aromatic rings. The summed E-state index contributed by atoms with van der Waals surface area (Å²) in [5.41, 5.74) is 2.54. The molecule has 0 saturated carbocycles. The lowest BCUT2D eigenvalue weighted by molar-refractivity contribution is -0.170. The van der Waals surface area contributed by atoms with Gasteiger partial charge < -0.3 is 14.6 Å². The Morgan fingerprint density at radius 1 is 0.897 bits per heavy atom. The number of benzene rings is 4. The van der Waals surface area contributed by atoms with Gasteiger partial charge >= 0.3 is 12.1 Å². The highest BCUT2D eigenvalue weighted by Crippen LogP contribution is 2.31. The Kier molecular flexibility index (Phi) is 7.08. The zero-order chi connectivity index (χ0) is 27.6. The molecule has 4 aromatic carbocycles. The van der Waals surface area contributed by atoms with Crippen LogP contribution in [0.3, 0.4) is 0 Å². The van der Waals surface area contributed by atoms with Crippen molar-refractivity contribution in [2.24, 2.45) is 0 Å². The number of carbonyl (C=O) groups is 2. The minimum absolute atomic E-state index is 0.0518. The Morgan fingerprint density at radius 3 is 2.36 bits per heavy atom. The molecule has 0 spiro atoms. The highest BCUT2D eigenvalue weighted by atomic mass is 35.5. The van der Waals surface area contributed by atoms with Crippen molar-refractivity contribution in [1.29, 1.82) is 0 Å². The lowest BCUT2D eigenvalue weighted by Gasteiger charge is -2.24. The molecule has 196 valence electrons. The molecule has 0 bridgehead atoms. The van der Waals surface area contributed by atoms with E-state index in [0.717, 1.165) is 0 Å². The van der Waals surface area contributed by atoms with E-state index in [9.17, 15) is 22.8 Å². The molecule has 1 N–H and O–H groups in total. The van der Waals surface area contributed by atoms with Crippen molar-refractivity contribution in [3.8, 4) is 11.5 Å². The first-order chi connectivity index (χ1) is 18.7. The Balaban J connectivity index is 1.44. The van der Waals surface area contributed by atoms with Crippen molar-refractivity contribution in [3.05, 3.63) is 113 Å². The largest absolute Gasteiger partial charge is 0.471 e. The van der Waals surface area contributed by atoms with Crippen LogP contribution in [0.5, 0.6) is 0 Å². The van der Waals surface area contributed by atoms with Crippen LogP contribution in [0.25, 0.3) is 22.6 Å². The molecule has 2 amide bonds. The van der Waals surface area contributed by atoms with Crippen LogP contribution < -0.4 is 10.2 Å². The summed E-state index contributed by atoms with van der Waals surface area (Å²) in [4.78, 5) is 30.6. The average molecular weight is 550 g/mol. The summed E-state index contributed by atoms with van der Waals surface area (Å²) in [5.74, 6) is -2.35. The van der Waals surface area contributed by atoms with Crippen molar-refractivity contribution in [2.45, 2.75) is 12.7 Å². The van der Waals surface area contributed by atoms with Gasteiger partial charge in [-0.1, -0.05) is 54.1 Å². The second-order valence-corrected chi connectivity index (χ2v) is 8.99. The maximum absolute atomic E-state index is 13.5. The summed E-state index contributed by atoms with van der Waals surface area (Å²) in [6.07, 6.45) is -5.12. The molecule has 0 aliphatic rings. The lowest BCUT2D eigenvalue weighted by atomic mass is 10.1. The third kappa shape index (κ3) is 5.78. The van der Waals surface area contributed by atoms with Gasteiger partial charge in [-0.15, -0.1) is 0 Å². The molecule has 10 heteroatoms. The van der Waals surface area contributed by atoms with Crippen LogP contribution in [0, 0.1) is 0 Å². The van der Waals surface area contributed by atoms with Crippen LogP contribution in [-0.2, 0) is 11.3 Å². The molecule has 6 nitrogen and oxygen atoms in total. The highest BCUT2D eigenvalue weighted by molar-refractivity contribution is 6.30. The van der Waals surface area contributed by atoms with E-state index in [4.69, 9.17) is 16.0 Å². The molecule has 1 heterocycles. The van der Waals surface area contributed by atoms with E-state index in [-0.39, 0.29) is 17.8 Å². The zero-order valence-electron chi connectivity index (χ0n) is 20.1. The first-order valence-electron chi connectivity index (χ1n) is 11.7. The Morgan fingerprint density at radius 2 is 1.62 bits per heavy atom. The molecule has 1 aromatic heterocycles. The average Bonchev–Trinajstić information content (AvgIpc) is 3.36. The number of rotatable bonds is 6. The van der Waals surface area contributed by atoms with Crippen LogP contribution >= 0.6 is 11.6 Å². The first-order valence-corrected chi connectivity index (χ1v) is 12.1. The first kappa shape index (κ1) is 26.0. The fourth-order valence-corrected chi connectivity index (χ4v) is 4.11. The molecular weight excluding hydrogens is 531 g/mol. The number of anilines is 2. The monoisotopic (exact) mass is 549 g/mol. The highest BCUT2D eigenvalue weighted by Gasteiger charge is 2.43. The van der Waals surface area contributed by atoms with Crippen molar-refractivity contribution < 1.29 is 27.2 Å². The second-order valence-electron chi connectivity index (χ2n) is 8.55. The van der Waals surface area contributed by atoms with Crippen molar-refractivity contribution in [1.82, 2.24) is 4.98 Å². The number of alkyl halides is 3. The SMILES string of the molecule is O=C(Nc1ccccc1-c1nc2ccccc2o1)c1cccc(N(Cc2ccc(Cl)cc2)C(=O)C(F)(F)F)c1. The van der Waals surface area contributed by atoms with Gasteiger partial charge in [0.15, 0.2) is 5.58 Å². The molecule has 0 atom stereocenters. The number of oxazole rings is 1. The van der Waals surface area contributed by atoms with E-state index in [1.807, 2.05) is 12.1 Å². The van der Waals surface area contributed by atoms with Crippen molar-refractivity contribution in [3.63, 3.8) is 0 Å². The van der Waals surface area contributed by atoms with Gasteiger partial charge in [0.2, 0.25) is 5.89 Å². The number of nitrogens with one attached hydrogen (secondary N) is 1. The van der Waals surface area contributed by atoms with E-state index < -0.39 is 18.0 Å². The van der Waals surface area contributed by atoms with Crippen molar-refractivity contribution >= 4 is 45.9 Å². The molecule has 0 unspecified atom stereocenters. The third-order valence-corrected chi connectivity index (χ3v) is 6.11. The van der Waals surface area contributed by atoms with E-state index in [2.05, 4.69) is 10.3 Å². The van der Waals surface area contributed by atoms with E-state index >= 15 is 0 Å². The summed E-state index contributed by atoms with van der Waals surface area (Å²) >= 11 is 5.88. The minimum atomic E-state index is -5.12. The number of carbonyl (C=O) groups excluding carboxylic acids is 2. The molecule has 0 saturated heterocycles. The van der Waals surface area contributed by atoms with Crippen LogP contribution in [0.4, 0.5) is 24.5 Å². The molecule has 0 aliphatic carbocycles. The maximum Gasteiger partial charge on any atom is 0.471 e. The topological polar surface area (TPSA) is 75.4 Å². The van der Waals surface area contributed by atoms with E-state index in [1.54, 1.807) is 36.4 Å². The number of hydrogen-bond acceptors (Lipinski definition) is 4. The summed E-state index contributed by atoms with van der Waals surface area (Å²) in [6.45, 7) is -0.374. The number of nitrogens with zero attached hydrogens (tertiary/aromatic N) is 2. The number of hydrogen-bond donors (Lipinski definition) is 1. The van der Waals surface area contributed by atoms with Gasteiger partial charge in [0, 0.05) is 16.3 Å². The number of aromatic nitrogens is 1. The molecule has 0 aliphatic heterocycles. The Hall–Kier alpha value is -4.63. The number of para-hydroxylation sites is 3. The summed E-state index contributed by atoms with van der Waals surface area (Å²) < 4.78 is 46.3.